The highest BCUT2D eigenvalue weighted by molar-refractivity contribution is 5.79. The Hall–Kier alpha value is -16.7. The first kappa shape index (κ1) is 106. The van der Waals surface area contributed by atoms with Crippen LogP contribution in [0.15, 0.2) is 273 Å². The Bertz CT molecular complexity index is 8070. The van der Waals surface area contributed by atoms with Gasteiger partial charge >= 0.3 is 0 Å². The molecule has 0 aliphatic rings. The second-order valence-electron chi connectivity index (χ2n) is 40.8. The van der Waals surface area contributed by atoms with Crippen molar-refractivity contribution in [2.45, 2.75) is 208 Å². The SMILES string of the molecule is Cc1cc(C)cc(-c2nc(-c3cc(C)cc(C)c3)nc(-c3cccc(C)c3C)n2)c1.Cc1cc(C)cc(-c2nc(-c3cccc(C)c3C)nc(-c3cccc(C)c3C)n2)c1.Cc1ccc(-c2nc(-c3ccc(C)c(C)c3)nc(-c3cccc(C)c3C)n2)cc1C.Cc1ccc(-c2nc(-c3cccc(C)c3C)nc(-c3cccc(C)c3C)n2)cc1C.Cc1cccc(-c2nc(-c3cccc(C)c3C)nc(-c3cccc(C)c3C)n2)c1C. The van der Waals surface area contributed by atoms with E-state index < -0.39 is 0 Å². The van der Waals surface area contributed by atoms with E-state index in [2.05, 4.69) is 481 Å². The molecule has 0 radical (unpaired) electrons. The zero-order valence-electron chi connectivity index (χ0n) is 92.7. The summed E-state index contributed by atoms with van der Waals surface area (Å²) in [4.78, 5) is 73.6. The van der Waals surface area contributed by atoms with Gasteiger partial charge in [0.25, 0.3) is 0 Å². The van der Waals surface area contributed by atoms with Gasteiger partial charge in [0.1, 0.15) is 0 Å². The van der Waals surface area contributed by atoms with Crippen LogP contribution in [0.25, 0.3) is 171 Å². The lowest BCUT2D eigenvalue weighted by Crippen LogP contribution is -2.03. The quantitative estimate of drug-likeness (QED) is 0.0940. The van der Waals surface area contributed by atoms with Crippen molar-refractivity contribution in [2.24, 2.45) is 0 Å². The van der Waals surface area contributed by atoms with Crippen LogP contribution in [-0.2, 0) is 0 Å². The van der Waals surface area contributed by atoms with Crippen molar-refractivity contribution in [3.05, 3.63) is 440 Å². The van der Waals surface area contributed by atoms with E-state index in [1.54, 1.807) is 0 Å². The maximum absolute atomic E-state index is 4.93. The maximum Gasteiger partial charge on any atom is 0.164 e. The lowest BCUT2D eigenvalue weighted by molar-refractivity contribution is 1.06. The van der Waals surface area contributed by atoms with Gasteiger partial charge in [-0.25, -0.2) is 74.8 Å². The molecule has 0 saturated heterocycles. The van der Waals surface area contributed by atoms with E-state index in [9.17, 15) is 0 Å². The van der Waals surface area contributed by atoms with Gasteiger partial charge in [-0.2, -0.15) is 0 Å². The summed E-state index contributed by atoms with van der Waals surface area (Å²) >= 11 is 0. The molecule has 5 aromatic heterocycles. The number of rotatable bonds is 15. The Morgan fingerprint density at radius 1 is 0.100 bits per heavy atom. The molecule has 750 valence electrons. The number of aryl methyl sites for hydroxylation is 21. The van der Waals surface area contributed by atoms with Gasteiger partial charge in [0.15, 0.2) is 87.4 Å². The fraction of sp³-hybridized carbons (Fsp3) is 0.222. The van der Waals surface area contributed by atoms with Crippen LogP contribution < -0.4 is 0 Å². The smallest absolute Gasteiger partial charge is 0.164 e. The summed E-state index contributed by atoms with van der Waals surface area (Å²) in [6.45, 7) is 63.6. The summed E-state index contributed by atoms with van der Waals surface area (Å²) in [5.41, 5.74) is 52.1. The summed E-state index contributed by atoms with van der Waals surface area (Å²) in [5, 5.41) is 0. The molecule has 0 fully saturated rings. The number of benzene rings is 15. The molecule has 0 unspecified atom stereocenters. The van der Waals surface area contributed by atoms with Crippen LogP contribution in [0, 0.1) is 208 Å². The fourth-order valence-electron chi connectivity index (χ4n) is 18.6. The highest BCUT2D eigenvalue weighted by Crippen LogP contribution is 2.39. The lowest BCUT2D eigenvalue weighted by Gasteiger charge is -2.14. The molecule has 0 atom stereocenters. The minimum absolute atomic E-state index is 0.706. The third-order valence-corrected chi connectivity index (χ3v) is 29.5. The molecule has 0 spiro atoms. The maximum atomic E-state index is 4.93. The largest absolute Gasteiger partial charge is 0.208 e. The van der Waals surface area contributed by atoms with Crippen LogP contribution in [0.2, 0.25) is 0 Å². The summed E-state index contributed by atoms with van der Waals surface area (Å²) in [7, 11) is 0. The Kier molecular flexibility index (Phi) is 32.4. The molecule has 20 aromatic rings. The molecular weight excluding hydrogens is 1830 g/mol. The molecule has 15 heteroatoms. The van der Waals surface area contributed by atoms with E-state index in [1.807, 2.05) is 0 Å². The summed E-state index contributed by atoms with van der Waals surface area (Å²) in [6.07, 6.45) is 0. The molecule has 0 aliphatic heterocycles. The standard InChI is InChI=1S/5C27H27N3/c1-16-10-7-13-22(19(16)4)25-28-26(23-14-8-11-17(2)20(23)5)30-27(29-25)24-15-9-12-18(3)21(24)6;1-16-13-17(2)15-22(14-16)25-28-26(23-11-7-9-18(3)20(23)5)30-27(29-25)24-12-8-10-19(4)21(24)6;1-16-13-14-22(15-19(16)4)25-28-26(23-11-7-9-17(2)20(23)5)30-27(29-25)24-12-8-10-18(3)21(24)6;1-16-10-17(2)13-22(12-16)25-28-26(23-14-18(3)11-19(4)15-23)30-27(29-25)24-9-7-8-20(5)21(24)6;1-16-10-12-22(14-19(16)4)25-28-26(23-13-11-17(2)20(5)15-23)30-27(29-25)24-9-7-8-18(3)21(24)6/h5*7-15H,1-6H3. The first-order chi connectivity index (χ1) is 71.7. The Labute approximate surface area is 887 Å². The third kappa shape index (κ3) is 24.1. The zero-order chi connectivity index (χ0) is 107. The van der Waals surface area contributed by atoms with Crippen LogP contribution in [0.1, 0.15) is 167 Å². The van der Waals surface area contributed by atoms with Crippen molar-refractivity contribution in [3.63, 3.8) is 0 Å². The summed E-state index contributed by atoms with van der Waals surface area (Å²) in [6, 6.07) is 95.0. The number of aromatic nitrogens is 15. The number of hydrogen-bond acceptors (Lipinski definition) is 15. The first-order valence-corrected chi connectivity index (χ1v) is 51.6. The van der Waals surface area contributed by atoms with Gasteiger partial charge in [-0.15, -0.1) is 0 Å². The van der Waals surface area contributed by atoms with Crippen LogP contribution in [0.5, 0.6) is 0 Å². The third-order valence-electron chi connectivity index (χ3n) is 29.5. The predicted molar refractivity (Wildman–Crippen MR) is 623 cm³/mol. The molecule has 150 heavy (non-hydrogen) atoms. The van der Waals surface area contributed by atoms with Gasteiger partial charge in [-0.1, -0.05) is 252 Å². The molecule has 20 rings (SSSR count). The average Bonchev–Trinajstić information content (AvgIpc) is 0.799. The minimum Gasteiger partial charge on any atom is -0.208 e. The Balaban J connectivity index is 0.000000133. The summed E-state index contributed by atoms with van der Waals surface area (Å²) in [5.74, 6) is 10.7. The molecule has 0 bridgehead atoms. The number of hydrogen-bond donors (Lipinski definition) is 0. The Morgan fingerprint density at radius 3 is 0.367 bits per heavy atom. The van der Waals surface area contributed by atoms with Crippen molar-refractivity contribution in [1.29, 1.82) is 0 Å². The van der Waals surface area contributed by atoms with Gasteiger partial charge < -0.3 is 0 Å². The van der Waals surface area contributed by atoms with Crippen molar-refractivity contribution in [3.8, 4) is 171 Å². The van der Waals surface area contributed by atoms with Crippen LogP contribution >= 0.6 is 0 Å². The topological polar surface area (TPSA) is 193 Å². The van der Waals surface area contributed by atoms with Crippen LogP contribution in [-0.4, -0.2) is 74.8 Å². The van der Waals surface area contributed by atoms with E-state index in [1.165, 1.54) is 167 Å². The van der Waals surface area contributed by atoms with E-state index >= 15 is 0 Å². The molecule has 0 saturated carbocycles. The Morgan fingerprint density at radius 2 is 0.227 bits per heavy atom. The fourth-order valence-corrected chi connectivity index (χ4v) is 18.6. The van der Waals surface area contributed by atoms with E-state index in [0.29, 0.717) is 40.8 Å². The van der Waals surface area contributed by atoms with Gasteiger partial charge in [0.2, 0.25) is 0 Å². The van der Waals surface area contributed by atoms with Gasteiger partial charge in [-0.3, -0.25) is 0 Å². The molecule has 15 aromatic carbocycles. The molecule has 0 N–H and O–H groups in total. The van der Waals surface area contributed by atoms with Crippen molar-refractivity contribution in [1.82, 2.24) is 74.8 Å². The normalized spacial score (nSPS) is 11.0. The number of nitrogens with zero attached hydrogens (tertiary/aromatic N) is 15. The highest BCUT2D eigenvalue weighted by Gasteiger charge is 2.25. The zero-order valence-corrected chi connectivity index (χ0v) is 92.7. The van der Waals surface area contributed by atoms with Crippen LogP contribution in [0.4, 0.5) is 0 Å². The van der Waals surface area contributed by atoms with Crippen molar-refractivity contribution >= 4 is 0 Å². The second-order valence-corrected chi connectivity index (χ2v) is 40.8. The van der Waals surface area contributed by atoms with Gasteiger partial charge in [0.05, 0.1) is 0 Å². The van der Waals surface area contributed by atoms with E-state index in [0.717, 1.165) is 130 Å². The van der Waals surface area contributed by atoms with Gasteiger partial charge in [0, 0.05) is 83.5 Å². The monoisotopic (exact) mass is 1970 g/mol. The molecular formula is C135H135N15. The highest BCUT2D eigenvalue weighted by atomic mass is 15.1. The van der Waals surface area contributed by atoms with Gasteiger partial charge in [-0.05, 0) is 396 Å². The first-order valence-electron chi connectivity index (χ1n) is 51.6. The van der Waals surface area contributed by atoms with E-state index in [-0.39, 0.29) is 0 Å². The molecule has 0 amide bonds. The van der Waals surface area contributed by atoms with Crippen LogP contribution in [0.3, 0.4) is 0 Å². The minimum atomic E-state index is 0.706. The molecule has 15 nitrogen and oxygen atoms in total. The van der Waals surface area contributed by atoms with Crippen molar-refractivity contribution < 1.29 is 0 Å². The summed E-state index contributed by atoms with van der Waals surface area (Å²) < 4.78 is 0. The van der Waals surface area contributed by atoms with Crippen molar-refractivity contribution in [2.75, 3.05) is 0 Å². The lowest BCUT2D eigenvalue weighted by atomic mass is 10.0. The predicted octanol–water partition coefficient (Wildman–Crippen LogP) is 33.6. The second kappa shape index (κ2) is 45.8. The molecule has 5 heterocycles. The van der Waals surface area contributed by atoms with E-state index in [4.69, 9.17) is 74.8 Å². The molecule has 0 aliphatic carbocycles. The average molecular weight is 1970 g/mol.